The van der Waals surface area contributed by atoms with Gasteiger partial charge in [0.2, 0.25) is 0 Å². The Morgan fingerprint density at radius 2 is 1.08 bits per heavy atom. The summed E-state index contributed by atoms with van der Waals surface area (Å²) in [5.41, 5.74) is 2.86. The van der Waals surface area contributed by atoms with E-state index >= 15 is 0 Å². The van der Waals surface area contributed by atoms with E-state index in [1.54, 1.807) is 0 Å². The lowest BCUT2D eigenvalue weighted by Crippen LogP contribution is -1.93. The number of fused-ring (bicyclic) bond motifs is 1. The average Bonchev–Trinajstić information content (AvgIpc) is 2.84. The molecule has 0 fully saturated rings. The van der Waals surface area contributed by atoms with Gasteiger partial charge in [0.05, 0.1) is 0 Å². The highest BCUT2D eigenvalue weighted by atomic mass is 14.0. The van der Waals surface area contributed by atoms with Crippen LogP contribution in [0.2, 0.25) is 0 Å². The van der Waals surface area contributed by atoms with Gasteiger partial charge >= 0.3 is 0 Å². The third kappa shape index (κ3) is 20.0. The maximum absolute atomic E-state index is 2.30. The highest BCUT2D eigenvalue weighted by Gasteiger charge is 1.99. The Hall–Kier alpha value is -2.08. The molecule has 0 heteroatoms. The first-order valence-corrected chi connectivity index (χ1v) is 15.5. The number of hydrogen-bond donors (Lipinski definition) is 0. The Bertz CT molecular complexity index is 909. The van der Waals surface area contributed by atoms with Crippen LogP contribution in [0.5, 0.6) is 0 Å². The molecule has 3 aromatic carbocycles. The summed E-state index contributed by atoms with van der Waals surface area (Å²) in [4.78, 5) is 0. The molecule has 0 N–H and O–H groups in total. The summed E-state index contributed by atoms with van der Waals surface area (Å²) < 4.78 is 0. The topological polar surface area (TPSA) is 0 Å². The lowest BCUT2D eigenvalue weighted by molar-refractivity contribution is 0.469. The molecule has 0 spiro atoms. The molecule has 0 saturated heterocycles. The molecule has 0 aliphatic rings. The van der Waals surface area contributed by atoms with Gasteiger partial charge in [0, 0.05) is 0 Å². The summed E-state index contributed by atoms with van der Waals surface area (Å²) in [6.45, 7) is 24.8. The van der Waals surface area contributed by atoms with Crippen molar-refractivity contribution in [1.82, 2.24) is 0 Å². The van der Waals surface area contributed by atoms with E-state index in [1.807, 2.05) is 6.07 Å². The summed E-state index contributed by atoms with van der Waals surface area (Å²) in [6.07, 6.45) is 8.14. The minimum atomic E-state index is 0.659. The average molecular weight is 519 g/mol. The summed E-state index contributed by atoms with van der Waals surface area (Å²) in [5, 5.41) is 2.69. The minimum absolute atomic E-state index is 0.659. The van der Waals surface area contributed by atoms with Gasteiger partial charge in [-0.05, 0) is 64.3 Å². The molecular formula is C38H62. The molecule has 0 atom stereocenters. The molecule has 0 amide bonds. The molecule has 0 aromatic heterocycles. The molecule has 0 saturated carbocycles. The summed E-state index contributed by atoms with van der Waals surface area (Å²) in [5.74, 6) is 4.05. The molecular weight excluding hydrogens is 456 g/mol. The molecule has 0 heterocycles. The van der Waals surface area contributed by atoms with Gasteiger partial charge in [-0.3, -0.25) is 0 Å². The number of benzene rings is 3. The van der Waals surface area contributed by atoms with Gasteiger partial charge in [-0.15, -0.1) is 0 Å². The Kier molecular flexibility index (Phi) is 20.6. The van der Waals surface area contributed by atoms with Crippen molar-refractivity contribution in [3.8, 4) is 0 Å². The van der Waals surface area contributed by atoms with E-state index in [0.717, 1.165) is 23.7 Å². The van der Waals surface area contributed by atoms with Gasteiger partial charge in [-0.2, -0.15) is 0 Å². The maximum atomic E-state index is 2.30. The molecule has 0 aliphatic heterocycles. The standard InChI is InChI=1S/C14H16.C9H12.C8H18.C7H16/c1-11(2)9-12-7-8-13-5-3-4-6-14(13)10-12;1-8(2)9-6-4-3-5-7-9;1-4-5-6-7-8(2)3;1-6(2)5-7(3)4/h3-8,10-11H,9H2,1-2H3;3-8H,1-2H3;8H,4-7H2,1-3H3;6-7H,5H2,1-4H3. The highest BCUT2D eigenvalue weighted by molar-refractivity contribution is 5.82. The molecule has 3 aromatic rings. The predicted octanol–water partition coefficient (Wildman–Crippen LogP) is 12.8. The van der Waals surface area contributed by atoms with E-state index < -0.39 is 0 Å². The minimum Gasteiger partial charge on any atom is -0.0654 e. The smallest absolute Gasteiger partial charge is 0.0181 e. The molecule has 3 rings (SSSR count). The lowest BCUT2D eigenvalue weighted by Gasteiger charge is -2.06. The van der Waals surface area contributed by atoms with Gasteiger partial charge in [0.1, 0.15) is 0 Å². The van der Waals surface area contributed by atoms with Crippen molar-refractivity contribution in [3.05, 3.63) is 83.9 Å². The van der Waals surface area contributed by atoms with Gasteiger partial charge in [0.15, 0.2) is 0 Å². The summed E-state index contributed by atoms with van der Waals surface area (Å²) >= 11 is 0. The molecule has 214 valence electrons. The largest absolute Gasteiger partial charge is 0.0654 e. The molecule has 38 heavy (non-hydrogen) atoms. The Morgan fingerprint density at radius 3 is 1.50 bits per heavy atom. The van der Waals surface area contributed by atoms with E-state index in [-0.39, 0.29) is 0 Å². The zero-order chi connectivity index (χ0) is 28.9. The summed E-state index contributed by atoms with van der Waals surface area (Å²) in [6, 6.07) is 25.8. The third-order valence-electron chi connectivity index (χ3n) is 6.25. The van der Waals surface area contributed by atoms with Crippen LogP contribution in [0, 0.1) is 23.7 Å². The van der Waals surface area contributed by atoms with E-state index in [9.17, 15) is 0 Å². The summed E-state index contributed by atoms with van der Waals surface area (Å²) in [7, 11) is 0. The van der Waals surface area contributed by atoms with Gasteiger partial charge in [0.25, 0.3) is 0 Å². The van der Waals surface area contributed by atoms with Crippen LogP contribution < -0.4 is 0 Å². The van der Waals surface area contributed by atoms with E-state index in [2.05, 4.69) is 143 Å². The first-order chi connectivity index (χ1) is 18.0. The van der Waals surface area contributed by atoms with Gasteiger partial charge in [-0.25, -0.2) is 0 Å². The fourth-order valence-corrected chi connectivity index (χ4v) is 4.42. The monoisotopic (exact) mass is 518 g/mol. The fourth-order valence-electron chi connectivity index (χ4n) is 4.42. The highest BCUT2D eigenvalue weighted by Crippen LogP contribution is 2.17. The number of unbranched alkanes of at least 4 members (excludes halogenated alkanes) is 2. The Labute approximate surface area is 238 Å². The zero-order valence-electron chi connectivity index (χ0n) is 27.1. The van der Waals surface area contributed by atoms with E-state index in [4.69, 9.17) is 0 Å². The van der Waals surface area contributed by atoms with Crippen molar-refractivity contribution < 1.29 is 0 Å². The molecule has 0 unspecified atom stereocenters. The number of hydrogen-bond acceptors (Lipinski definition) is 0. The predicted molar refractivity (Wildman–Crippen MR) is 176 cm³/mol. The van der Waals surface area contributed by atoms with Crippen LogP contribution in [0.25, 0.3) is 10.8 Å². The third-order valence-corrected chi connectivity index (χ3v) is 6.25. The fraction of sp³-hybridized carbons (Fsp3) is 0.579. The van der Waals surface area contributed by atoms with Crippen molar-refractivity contribution in [2.45, 2.75) is 121 Å². The van der Waals surface area contributed by atoms with Crippen LogP contribution in [0.15, 0.2) is 72.8 Å². The Balaban J connectivity index is 0.000000504. The van der Waals surface area contributed by atoms with Crippen LogP contribution >= 0.6 is 0 Å². The van der Waals surface area contributed by atoms with Crippen LogP contribution in [-0.2, 0) is 6.42 Å². The van der Waals surface area contributed by atoms with Crippen LogP contribution in [-0.4, -0.2) is 0 Å². The van der Waals surface area contributed by atoms with E-state index in [1.165, 1.54) is 60.4 Å². The quantitative estimate of drug-likeness (QED) is 0.247. The van der Waals surface area contributed by atoms with Crippen molar-refractivity contribution in [1.29, 1.82) is 0 Å². The van der Waals surface area contributed by atoms with E-state index in [0.29, 0.717) is 5.92 Å². The second-order valence-corrected chi connectivity index (χ2v) is 12.8. The first-order valence-electron chi connectivity index (χ1n) is 15.5. The molecule has 0 aliphatic carbocycles. The zero-order valence-corrected chi connectivity index (χ0v) is 27.1. The normalized spacial score (nSPS) is 10.7. The SMILES string of the molecule is CC(C)CC(C)C.CC(C)Cc1ccc2ccccc2c1.CC(C)c1ccccc1.CCCCCC(C)C. The molecule has 0 radical (unpaired) electrons. The second kappa shape index (κ2) is 21.8. The molecule has 0 nitrogen and oxygen atoms in total. The van der Waals surface area contributed by atoms with Crippen molar-refractivity contribution >= 4 is 10.8 Å². The van der Waals surface area contributed by atoms with Gasteiger partial charge < -0.3 is 0 Å². The molecule has 0 bridgehead atoms. The van der Waals surface area contributed by atoms with Crippen molar-refractivity contribution in [2.75, 3.05) is 0 Å². The van der Waals surface area contributed by atoms with Crippen LogP contribution in [0.4, 0.5) is 0 Å². The van der Waals surface area contributed by atoms with Crippen LogP contribution in [0.1, 0.15) is 125 Å². The Morgan fingerprint density at radius 1 is 0.526 bits per heavy atom. The van der Waals surface area contributed by atoms with Crippen LogP contribution in [0.3, 0.4) is 0 Å². The first kappa shape index (κ1) is 35.9. The number of rotatable bonds is 9. The second-order valence-electron chi connectivity index (χ2n) is 12.8. The van der Waals surface area contributed by atoms with Gasteiger partial charge in [-0.1, -0.05) is 175 Å². The maximum Gasteiger partial charge on any atom is -0.0181 e. The lowest BCUT2D eigenvalue weighted by atomic mass is 10.00. The van der Waals surface area contributed by atoms with Crippen molar-refractivity contribution in [2.24, 2.45) is 23.7 Å². The van der Waals surface area contributed by atoms with Crippen molar-refractivity contribution in [3.63, 3.8) is 0 Å².